The van der Waals surface area contributed by atoms with Crippen molar-refractivity contribution in [2.75, 3.05) is 5.75 Å². The van der Waals surface area contributed by atoms with Gasteiger partial charge in [0.05, 0.1) is 0 Å². The van der Waals surface area contributed by atoms with Crippen LogP contribution >= 0.6 is 11.8 Å². The number of thioether (sulfide) groups is 1. The highest BCUT2D eigenvalue weighted by Crippen LogP contribution is 2.18. The summed E-state index contributed by atoms with van der Waals surface area (Å²) < 4.78 is 0. The van der Waals surface area contributed by atoms with Crippen molar-refractivity contribution in [3.05, 3.63) is 0 Å². The highest BCUT2D eigenvalue weighted by molar-refractivity contribution is 7.99. The zero-order valence-corrected chi connectivity index (χ0v) is 8.50. The summed E-state index contributed by atoms with van der Waals surface area (Å²) in [5.41, 5.74) is 0. The van der Waals surface area contributed by atoms with E-state index in [2.05, 4.69) is 39.5 Å². The van der Waals surface area contributed by atoms with Gasteiger partial charge in [-0.25, -0.2) is 0 Å². The van der Waals surface area contributed by atoms with Crippen LogP contribution in [0.3, 0.4) is 0 Å². The van der Waals surface area contributed by atoms with Gasteiger partial charge in [-0.2, -0.15) is 11.8 Å². The van der Waals surface area contributed by atoms with Crippen LogP contribution in [0.25, 0.3) is 0 Å². The van der Waals surface area contributed by atoms with Crippen LogP contribution in [-0.4, -0.2) is 11.0 Å². The molecular formula is C9H20S. The zero-order chi connectivity index (χ0) is 7.98. The second-order valence-electron chi connectivity index (χ2n) is 3.31. The fraction of sp³-hybridized carbons (Fsp3) is 1.00. The molecule has 0 saturated carbocycles. The molecule has 0 heterocycles. The number of hydrogen-bond donors (Lipinski definition) is 0. The maximum Gasteiger partial charge on any atom is 0.00211 e. The maximum atomic E-state index is 2.33. The summed E-state index contributed by atoms with van der Waals surface area (Å²) in [5, 5.41) is 0.861. The Bertz CT molecular complexity index is 69.1. The molecule has 0 aromatic carbocycles. The van der Waals surface area contributed by atoms with Crippen molar-refractivity contribution in [1.29, 1.82) is 0 Å². The second-order valence-corrected chi connectivity index (χ2v) is 4.86. The fourth-order valence-electron chi connectivity index (χ4n) is 1.05. The van der Waals surface area contributed by atoms with Gasteiger partial charge in [-0.1, -0.05) is 27.7 Å². The van der Waals surface area contributed by atoms with Gasteiger partial charge in [0.1, 0.15) is 0 Å². The van der Waals surface area contributed by atoms with Gasteiger partial charge >= 0.3 is 0 Å². The molecule has 0 spiro atoms. The fourth-order valence-corrected chi connectivity index (χ4v) is 2.21. The Hall–Kier alpha value is 0.350. The molecule has 0 saturated heterocycles. The predicted molar refractivity (Wildman–Crippen MR) is 51.7 cm³/mol. The molecule has 0 aromatic rings. The topological polar surface area (TPSA) is 0 Å². The first-order valence-electron chi connectivity index (χ1n) is 4.28. The maximum absolute atomic E-state index is 2.33. The molecule has 0 aliphatic heterocycles. The molecular weight excluding hydrogens is 140 g/mol. The van der Waals surface area contributed by atoms with E-state index in [-0.39, 0.29) is 0 Å². The molecule has 0 amide bonds. The Kier molecular flexibility index (Phi) is 6.30. The van der Waals surface area contributed by atoms with E-state index in [1.165, 1.54) is 18.6 Å². The van der Waals surface area contributed by atoms with Crippen LogP contribution in [0.2, 0.25) is 0 Å². The van der Waals surface area contributed by atoms with Crippen LogP contribution < -0.4 is 0 Å². The lowest BCUT2D eigenvalue weighted by Crippen LogP contribution is -2.01. The van der Waals surface area contributed by atoms with Crippen molar-refractivity contribution in [3.63, 3.8) is 0 Å². The molecule has 62 valence electrons. The first-order valence-corrected chi connectivity index (χ1v) is 5.33. The quantitative estimate of drug-likeness (QED) is 0.592. The van der Waals surface area contributed by atoms with Crippen LogP contribution in [0, 0.1) is 5.92 Å². The van der Waals surface area contributed by atoms with E-state index in [9.17, 15) is 0 Å². The van der Waals surface area contributed by atoms with Gasteiger partial charge in [-0.15, -0.1) is 0 Å². The monoisotopic (exact) mass is 160 g/mol. The zero-order valence-electron chi connectivity index (χ0n) is 7.68. The van der Waals surface area contributed by atoms with E-state index in [1.54, 1.807) is 0 Å². The molecule has 0 N–H and O–H groups in total. The predicted octanol–water partition coefficient (Wildman–Crippen LogP) is 3.56. The molecule has 0 aliphatic carbocycles. The van der Waals surface area contributed by atoms with Gasteiger partial charge in [0, 0.05) is 5.25 Å². The summed E-state index contributed by atoms with van der Waals surface area (Å²) in [5.74, 6) is 2.19. The molecule has 0 radical (unpaired) electrons. The van der Waals surface area contributed by atoms with E-state index in [1.807, 2.05) is 0 Å². The SMILES string of the molecule is CCCSC(C)CC(C)C. The van der Waals surface area contributed by atoms with Gasteiger partial charge < -0.3 is 0 Å². The standard InChI is InChI=1S/C9H20S/c1-5-6-10-9(4)7-8(2)3/h8-9H,5-7H2,1-4H3. The lowest BCUT2D eigenvalue weighted by molar-refractivity contribution is 0.585. The van der Waals surface area contributed by atoms with Crippen molar-refractivity contribution in [1.82, 2.24) is 0 Å². The molecule has 10 heavy (non-hydrogen) atoms. The third kappa shape index (κ3) is 6.47. The van der Waals surface area contributed by atoms with Crippen LogP contribution in [0.5, 0.6) is 0 Å². The van der Waals surface area contributed by atoms with Crippen molar-refractivity contribution >= 4 is 11.8 Å². The Labute approximate surface area is 69.8 Å². The Balaban J connectivity index is 3.16. The minimum absolute atomic E-state index is 0.861. The largest absolute Gasteiger partial charge is 0.159 e. The first-order chi connectivity index (χ1) is 4.66. The van der Waals surface area contributed by atoms with Crippen molar-refractivity contribution < 1.29 is 0 Å². The highest BCUT2D eigenvalue weighted by atomic mass is 32.2. The minimum Gasteiger partial charge on any atom is -0.159 e. The van der Waals surface area contributed by atoms with E-state index in [4.69, 9.17) is 0 Å². The van der Waals surface area contributed by atoms with Crippen LogP contribution in [0.4, 0.5) is 0 Å². The molecule has 0 rings (SSSR count). The Morgan fingerprint density at radius 2 is 1.80 bits per heavy atom. The van der Waals surface area contributed by atoms with Crippen molar-refractivity contribution in [2.24, 2.45) is 5.92 Å². The third-order valence-corrected chi connectivity index (χ3v) is 2.82. The average Bonchev–Trinajstić information content (AvgIpc) is 1.82. The minimum atomic E-state index is 0.861. The van der Waals surface area contributed by atoms with Gasteiger partial charge in [0.2, 0.25) is 0 Å². The molecule has 1 atom stereocenters. The lowest BCUT2D eigenvalue weighted by Gasteiger charge is -2.12. The lowest BCUT2D eigenvalue weighted by atomic mass is 10.1. The summed E-state index contributed by atoms with van der Waals surface area (Å²) in [6.07, 6.45) is 2.68. The van der Waals surface area contributed by atoms with Crippen molar-refractivity contribution in [3.8, 4) is 0 Å². The molecule has 1 heteroatoms. The molecule has 0 aromatic heterocycles. The second kappa shape index (κ2) is 6.09. The molecule has 0 fully saturated rings. The van der Waals surface area contributed by atoms with Crippen molar-refractivity contribution in [2.45, 2.75) is 45.8 Å². The average molecular weight is 160 g/mol. The molecule has 0 aliphatic rings. The van der Waals surface area contributed by atoms with E-state index in [0.717, 1.165) is 11.2 Å². The van der Waals surface area contributed by atoms with E-state index in [0.29, 0.717) is 0 Å². The van der Waals surface area contributed by atoms with Crippen LogP contribution in [-0.2, 0) is 0 Å². The summed E-state index contributed by atoms with van der Waals surface area (Å²) >= 11 is 2.10. The molecule has 0 nitrogen and oxygen atoms in total. The van der Waals surface area contributed by atoms with Crippen LogP contribution in [0.1, 0.15) is 40.5 Å². The molecule has 0 bridgehead atoms. The Morgan fingerprint density at radius 3 is 2.20 bits per heavy atom. The smallest absolute Gasteiger partial charge is 0.00211 e. The summed E-state index contributed by atoms with van der Waals surface area (Å²) in [4.78, 5) is 0. The highest BCUT2D eigenvalue weighted by Gasteiger charge is 2.03. The van der Waals surface area contributed by atoms with E-state index < -0.39 is 0 Å². The first kappa shape index (κ1) is 10.3. The summed E-state index contributed by atoms with van der Waals surface area (Å²) in [7, 11) is 0. The number of rotatable bonds is 5. The molecule has 1 unspecified atom stereocenters. The van der Waals surface area contributed by atoms with Crippen LogP contribution in [0.15, 0.2) is 0 Å². The van der Waals surface area contributed by atoms with Gasteiger partial charge in [-0.05, 0) is 24.5 Å². The van der Waals surface area contributed by atoms with E-state index >= 15 is 0 Å². The normalized spacial score (nSPS) is 14.1. The number of hydrogen-bond acceptors (Lipinski definition) is 1. The van der Waals surface area contributed by atoms with Gasteiger partial charge in [0.25, 0.3) is 0 Å². The summed E-state index contributed by atoms with van der Waals surface area (Å²) in [6.45, 7) is 9.17. The van der Waals surface area contributed by atoms with Gasteiger partial charge in [0.15, 0.2) is 0 Å². The Morgan fingerprint density at radius 1 is 1.20 bits per heavy atom. The van der Waals surface area contributed by atoms with Gasteiger partial charge in [-0.3, -0.25) is 0 Å². The summed E-state index contributed by atoms with van der Waals surface area (Å²) in [6, 6.07) is 0. The third-order valence-electron chi connectivity index (χ3n) is 1.41.